The van der Waals surface area contributed by atoms with Crippen molar-refractivity contribution in [2.24, 2.45) is 0 Å². The molecule has 0 atom stereocenters. The van der Waals surface area contributed by atoms with E-state index in [1.165, 1.54) is 6.07 Å². The number of rotatable bonds is 3. The van der Waals surface area contributed by atoms with Crippen LogP contribution in [0.5, 0.6) is 0 Å². The molecule has 17 heavy (non-hydrogen) atoms. The summed E-state index contributed by atoms with van der Waals surface area (Å²) < 4.78 is 30.0. The fourth-order valence-corrected chi connectivity index (χ4v) is 1.55. The fourth-order valence-electron chi connectivity index (χ4n) is 1.26. The van der Waals surface area contributed by atoms with Crippen LogP contribution in [0.1, 0.15) is 33.7 Å². The van der Waals surface area contributed by atoms with Gasteiger partial charge in [0.1, 0.15) is 6.07 Å². The Bertz CT molecular complexity index is 486. The zero-order valence-corrected chi connectivity index (χ0v) is 10.3. The highest BCUT2D eigenvalue weighted by molar-refractivity contribution is 9.08. The predicted octanol–water partition coefficient (Wildman–Crippen LogP) is 2.57. The molecular formula is C10H7BrF2N2O2. The normalized spacial score (nSPS) is 10.1. The summed E-state index contributed by atoms with van der Waals surface area (Å²) in [5.74, 6) is -0.915. The molecule has 1 aromatic rings. The molecule has 90 valence electrons. The van der Waals surface area contributed by atoms with E-state index in [9.17, 15) is 13.6 Å². The van der Waals surface area contributed by atoms with E-state index in [1.807, 2.05) is 0 Å². The van der Waals surface area contributed by atoms with Gasteiger partial charge in [-0.3, -0.25) is 0 Å². The average molecular weight is 305 g/mol. The first-order chi connectivity index (χ1) is 8.04. The Kier molecular flexibility index (Phi) is 4.52. The Morgan fingerprint density at radius 2 is 2.35 bits per heavy atom. The van der Waals surface area contributed by atoms with Gasteiger partial charge in [-0.25, -0.2) is 18.6 Å². The molecule has 0 aliphatic heterocycles. The Labute approximate surface area is 104 Å². The maximum atomic E-state index is 12.8. The standard InChI is InChI=1S/C10H7BrF2N2O2/c1-17-10(16)6-2-5(3-11)15-7(4-14)8(6)9(12)13/h2,9H,3H2,1H3. The third-order valence-electron chi connectivity index (χ3n) is 1.98. The smallest absolute Gasteiger partial charge is 0.338 e. The van der Waals surface area contributed by atoms with Crippen LogP contribution in [-0.4, -0.2) is 18.1 Å². The van der Waals surface area contributed by atoms with Gasteiger partial charge in [0.25, 0.3) is 6.43 Å². The van der Waals surface area contributed by atoms with Gasteiger partial charge in [0.15, 0.2) is 5.69 Å². The van der Waals surface area contributed by atoms with Gasteiger partial charge in [-0.05, 0) is 6.07 Å². The van der Waals surface area contributed by atoms with Crippen molar-refractivity contribution in [2.45, 2.75) is 11.8 Å². The van der Waals surface area contributed by atoms with Crippen molar-refractivity contribution in [1.82, 2.24) is 4.98 Å². The summed E-state index contributed by atoms with van der Waals surface area (Å²) in [5, 5.41) is 9.00. The van der Waals surface area contributed by atoms with Crippen molar-refractivity contribution >= 4 is 21.9 Å². The lowest BCUT2D eigenvalue weighted by Gasteiger charge is -2.09. The molecule has 0 fully saturated rings. The SMILES string of the molecule is COC(=O)c1cc(CBr)nc(C#N)c1C(F)F. The van der Waals surface area contributed by atoms with Crippen LogP contribution in [0.2, 0.25) is 0 Å². The number of carbonyl (C=O) groups is 1. The highest BCUT2D eigenvalue weighted by Gasteiger charge is 2.25. The first-order valence-corrected chi connectivity index (χ1v) is 5.53. The first-order valence-electron chi connectivity index (χ1n) is 4.41. The molecule has 4 nitrogen and oxygen atoms in total. The number of aromatic nitrogens is 1. The lowest BCUT2D eigenvalue weighted by atomic mass is 10.1. The highest BCUT2D eigenvalue weighted by Crippen LogP contribution is 2.27. The van der Waals surface area contributed by atoms with E-state index in [2.05, 4.69) is 25.7 Å². The summed E-state index contributed by atoms with van der Waals surface area (Å²) in [5.41, 5.74) is -1.17. The quantitative estimate of drug-likeness (QED) is 0.636. The number of hydrogen-bond donors (Lipinski definition) is 0. The van der Waals surface area contributed by atoms with Gasteiger partial charge in [-0.1, -0.05) is 15.9 Å². The van der Waals surface area contributed by atoms with Crippen LogP contribution >= 0.6 is 15.9 Å². The molecule has 7 heteroatoms. The third kappa shape index (κ3) is 2.77. The van der Waals surface area contributed by atoms with E-state index in [0.29, 0.717) is 5.69 Å². The van der Waals surface area contributed by atoms with E-state index in [1.54, 1.807) is 6.07 Å². The minimum Gasteiger partial charge on any atom is -0.465 e. The van der Waals surface area contributed by atoms with Crippen molar-refractivity contribution in [3.8, 4) is 6.07 Å². The van der Waals surface area contributed by atoms with Crippen LogP contribution in [0.15, 0.2) is 6.07 Å². The Hall–Kier alpha value is -1.55. The van der Waals surface area contributed by atoms with E-state index in [4.69, 9.17) is 5.26 Å². The van der Waals surface area contributed by atoms with Crippen LogP contribution in [0.4, 0.5) is 8.78 Å². The van der Waals surface area contributed by atoms with Crippen molar-refractivity contribution < 1.29 is 18.3 Å². The second kappa shape index (κ2) is 5.68. The van der Waals surface area contributed by atoms with E-state index in [0.717, 1.165) is 7.11 Å². The number of hydrogen-bond acceptors (Lipinski definition) is 4. The summed E-state index contributed by atoms with van der Waals surface area (Å²) in [4.78, 5) is 15.1. The molecule has 0 aromatic carbocycles. The molecule has 0 aliphatic rings. The van der Waals surface area contributed by atoms with Gasteiger partial charge in [0.05, 0.1) is 23.9 Å². The fraction of sp³-hybridized carbons (Fsp3) is 0.300. The number of nitriles is 1. The highest BCUT2D eigenvalue weighted by atomic mass is 79.9. The lowest BCUT2D eigenvalue weighted by molar-refractivity contribution is 0.0588. The molecule has 0 N–H and O–H groups in total. The van der Waals surface area contributed by atoms with Crippen molar-refractivity contribution in [2.75, 3.05) is 7.11 Å². The van der Waals surface area contributed by atoms with Crippen LogP contribution in [0.25, 0.3) is 0 Å². The Morgan fingerprint density at radius 1 is 1.71 bits per heavy atom. The Morgan fingerprint density at radius 3 is 2.76 bits per heavy atom. The maximum Gasteiger partial charge on any atom is 0.338 e. The first kappa shape index (κ1) is 13.5. The van der Waals surface area contributed by atoms with Gasteiger partial charge < -0.3 is 4.74 Å². The second-order valence-electron chi connectivity index (χ2n) is 2.96. The van der Waals surface area contributed by atoms with Gasteiger partial charge in [0.2, 0.25) is 0 Å². The van der Waals surface area contributed by atoms with Gasteiger partial charge >= 0.3 is 5.97 Å². The topological polar surface area (TPSA) is 63.0 Å². The summed E-state index contributed by atoms with van der Waals surface area (Å²) >= 11 is 3.08. The summed E-state index contributed by atoms with van der Waals surface area (Å²) in [6, 6.07) is 2.73. The minimum absolute atomic E-state index is 0.245. The zero-order valence-electron chi connectivity index (χ0n) is 8.71. The predicted molar refractivity (Wildman–Crippen MR) is 57.9 cm³/mol. The van der Waals surface area contributed by atoms with Crippen molar-refractivity contribution in [3.05, 3.63) is 28.6 Å². The monoisotopic (exact) mass is 304 g/mol. The van der Waals surface area contributed by atoms with Gasteiger partial charge in [0, 0.05) is 5.33 Å². The van der Waals surface area contributed by atoms with Gasteiger partial charge in [-0.2, -0.15) is 5.26 Å². The molecule has 0 aliphatic carbocycles. The number of halogens is 3. The molecule has 0 unspecified atom stereocenters. The second-order valence-corrected chi connectivity index (χ2v) is 3.52. The van der Waals surface area contributed by atoms with Gasteiger partial charge in [-0.15, -0.1) is 0 Å². The zero-order chi connectivity index (χ0) is 13.0. The number of methoxy groups -OCH3 is 1. The number of alkyl halides is 3. The molecule has 0 saturated carbocycles. The Balaban J connectivity index is 3.53. The molecule has 0 spiro atoms. The molecule has 1 aromatic heterocycles. The molecule has 1 rings (SSSR count). The minimum atomic E-state index is -2.96. The summed E-state index contributed by atoms with van der Waals surface area (Å²) in [7, 11) is 1.08. The number of pyridine rings is 1. The molecular weight excluding hydrogens is 298 g/mol. The maximum absolute atomic E-state index is 12.8. The molecule has 0 radical (unpaired) electrons. The van der Waals surface area contributed by atoms with Crippen molar-refractivity contribution in [1.29, 1.82) is 5.26 Å². The summed E-state index contributed by atoms with van der Waals surface area (Å²) in [6.45, 7) is 0. The van der Waals surface area contributed by atoms with Crippen LogP contribution in [0.3, 0.4) is 0 Å². The lowest BCUT2D eigenvalue weighted by Crippen LogP contribution is -2.11. The number of nitrogens with zero attached hydrogens (tertiary/aromatic N) is 2. The number of carbonyl (C=O) groups excluding carboxylic acids is 1. The average Bonchev–Trinajstić information content (AvgIpc) is 2.35. The van der Waals surface area contributed by atoms with E-state index < -0.39 is 23.7 Å². The molecule has 0 saturated heterocycles. The number of ether oxygens (including phenoxy) is 1. The summed E-state index contributed by atoms with van der Waals surface area (Å²) in [6.07, 6.45) is -2.96. The van der Waals surface area contributed by atoms with Crippen LogP contribution in [-0.2, 0) is 10.1 Å². The van der Waals surface area contributed by atoms with Crippen LogP contribution in [0, 0.1) is 11.3 Å². The molecule has 0 amide bonds. The largest absolute Gasteiger partial charge is 0.465 e. The van der Waals surface area contributed by atoms with Crippen molar-refractivity contribution in [3.63, 3.8) is 0 Å². The number of esters is 1. The molecule has 1 heterocycles. The van der Waals surface area contributed by atoms with E-state index in [-0.39, 0.29) is 10.9 Å². The van der Waals surface area contributed by atoms with Crippen LogP contribution < -0.4 is 0 Å². The van der Waals surface area contributed by atoms with E-state index >= 15 is 0 Å². The third-order valence-corrected chi connectivity index (χ3v) is 2.55. The molecule has 0 bridgehead atoms.